The summed E-state index contributed by atoms with van der Waals surface area (Å²) in [7, 11) is 0. The number of halogens is 1. The van der Waals surface area contributed by atoms with Crippen molar-refractivity contribution < 1.29 is 14.3 Å². The van der Waals surface area contributed by atoms with E-state index in [9.17, 15) is 4.79 Å². The Balaban J connectivity index is 0.00000242. The van der Waals surface area contributed by atoms with E-state index in [-0.39, 0.29) is 24.2 Å². The van der Waals surface area contributed by atoms with Crippen molar-refractivity contribution in [2.75, 3.05) is 19.8 Å². The van der Waals surface area contributed by atoms with Gasteiger partial charge in [0.05, 0.1) is 6.04 Å². The Kier molecular flexibility index (Phi) is 7.48. The highest BCUT2D eigenvalue weighted by atomic mass is 35.5. The third-order valence-electron chi connectivity index (χ3n) is 3.88. The summed E-state index contributed by atoms with van der Waals surface area (Å²) in [5.74, 6) is 1.68. The molecule has 1 aromatic rings. The molecule has 2 atom stereocenters. The number of carbonyl (C=O) groups excluding carboxylic acids is 1. The van der Waals surface area contributed by atoms with Crippen LogP contribution in [0.3, 0.4) is 0 Å². The number of nitrogens with two attached hydrogens (primary N) is 1. The second-order valence-electron chi connectivity index (χ2n) is 5.43. The number of fused-ring (bicyclic) bond motifs is 1. The van der Waals surface area contributed by atoms with Crippen LogP contribution in [0.2, 0.25) is 0 Å². The van der Waals surface area contributed by atoms with Crippen LogP contribution in [0.5, 0.6) is 11.5 Å². The lowest BCUT2D eigenvalue weighted by molar-refractivity contribution is -0.123. The first-order chi connectivity index (χ1) is 10.1. The highest BCUT2D eigenvalue weighted by Crippen LogP contribution is 2.30. The zero-order valence-electron chi connectivity index (χ0n) is 13.1. The Bertz CT molecular complexity index is 496. The molecule has 0 aliphatic carbocycles. The summed E-state index contributed by atoms with van der Waals surface area (Å²) in [6.07, 6.45) is 1.65. The van der Waals surface area contributed by atoms with Crippen LogP contribution in [-0.2, 0) is 11.2 Å². The number of carbonyl (C=O) groups is 1. The van der Waals surface area contributed by atoms with Gasteiger partial charge in [-0.25, -0.2) is 0 Å². The monoisotopic (exact) mass is 328 g/mol. The zero-order valence-corrected chi connectivity index (χ0v) is 13.9. The van der Waals surface area contributed by atoms with Gasteiger partial charge in [-0.15, -0.1) is 12.4 Å². The molecular formula is C16H25ClN2O3. The molecule has 1 aliphatic rings. The van der Waals surface area contributed by atoms with Crippen molar-refractivity contribution in [3.8, 4) is 11.5 Å². The van der Waals surface area contributed by atoms with Crippen LogP contribution in [0.4, 0.5) is 0 Å². The molecule has 0 radical (unpaired) electrons. The lowest BCUT2D eigenvalue weighted by Gasteiger charge is -2.19. The number of ether oxygens (including phenoxy) is 2. The Morgan fingerprint density at radius 1 is 1.32 bits per heavy atom. The standard InChI is InChI=1S/C16H24N2O3.ClH/c1-3-11(2)15(17)16(19)18-7-6-12-4-5-13-14(10-12)21-9-8-20-13;/h4-5,10-11,15H,3,6-9,17H2,1-2H3,(H,18,19);1H. The fourth-order valence-corrected chi connectivity index (χ4v) is 2.20. The Morgan fingerprint density at radius 2 is 2.00 bits per heavy atom. The largest absolute Gasteiger partial charge is 0.486 e. The maximum absolute atomic E-state index is 11.9. The summed E-state index contributed by atoms with van der Waals surface area (Å²) < 4.78 is 11.0. The van der Waals surface area contributed by atoms with Gasteiger partial charge in [-0.1, -0.05) is 26.3 Å². The molecule has 124 valence electrons. The van der Waals surface area contributed by atoms with Crippen molar-refractivity contribution in [1.82, 2.24) is 5.32 Å². The number of amides is 1. The number of benzene rings is 1. The van der Waals surface area contributed by atoms with Crippen LogP contribution in [0.25, 0.3) is 0 Å². The maximum atomic E-state index is 11.9. The van der Waals surface area contributed by atoms with Crippen molar-refractivity contribution in [3.05, 3.63) is 23.8 Å². The Hall–Kier alpha value is -1.46. The molecule has 22 heavy (non-hydrogen) atoms. The molecule has 0 aromatic heterocycles. The molecule has 3 N–H and O–H groups in total. The Morgan fingerprint density at radius 3 is 2.68 bits per heavy atom. The topological polar surface area (TPSA) is 73.6 Å². The van der Waals surface area contributed by atoms with Gasteiger partial charge in [-0.05, 0) is 30.0 Å². The van der Waals surface area contributed by atoms with Gasteiger partial charge in [0.2, 0.25) is 5.91 Å². The van der Waals surface area contributed by atoms with E-state index in [0.717, 1.165) is 29.9 Å². The molecule has 2 unspecified atom stereocenters. The van der Waals surface area contributed by atoms with E-state index in [1.165, 1.54) is 0 Å². The van der Waals surface area contributed by atoms with Gasteiger partial charge >= 0.3 is 0 Å². The summed E-state index contributed by atoms with van der Waals surface area (Å²) in [5, 5.41) is 2.89. The molecule has 2 rings (SSSR count). The van der Waals surface area contributed by atoms with E-state index in [2.05, 4.69) is 5.32 Å². The second kappa shape index (κ2) is 8.86. The molecule has 1 amide bonds. The van der Waals surface area contributed by atoms with Crippen LogP contribution in [0.15, 0.2) is 18.2 Å². The van der Waals surface area contributed by atoms with Gasteiger partial charge in [0.15, 0.2) is 11.5 Å². The van der Waals surface area contributed by atoms with Gasteiger partial charge in [0.1, 0.15) is 13.2 Å². The lowest BCUT2D eigenvalue weighted by atomic mass is 9.99. The highest BCUT2D eigenvalue weighted by molar-refractivity contribution is 5.85. The summed E-state index contributed by atoms with van der Waals surface area (Å²) in [6, 6.07) is 5.44. The second-order valence-corrected chi connectivity index (χ2v) is 5.43. The first kappa shape index (κ1) is 18.6. The number of hydrogen-bond acceptors (Lipinski definition) is 4. The van der Waals surface area contributed by atoms with Crippen LogP contribution in [0, 0.1) is 5.92 Å². The van der Waals surface area contributed by atoms with E-state index >= 15 is 0 Å². The van der Waals surface area contributed by atoms with Crippen molar-refractivity contribution in [2.24, 2.45) is 11.7 Å². The predicted octanol–water partition coefficient (Wildman–Crippen LogP) is 1.91. The molecular weight excluding hydrogens is 304 g/mol. The highest BCUT2D eigenvalue weighted by Gasteiger charge is 2.18. The third-order valence-corrected chi connectivity index (χ3v) is 3.88. The smallest absolute Gasteiger partial charge is 0.237 e. The number of rotatable bonds is 6. The predicted molar refractivity (Wildman–Crippen MR) is 88.8 cm³/mol. The van der Waals surface area contributed by atoms with E-state index in [1.54, 1.807) is 0 Å². The van der Waals surface area contributed by atoms with Gasteiger partial charge in [-0.3, -0.25) is 4.79 Å². The Labute approximate surface area is 138 Å². The third kappa shape index (κ3) is 4.78. The summed E-state index contributed by atoms with van der Waals surface area (Å²) in [4.78, 5) is 11.9. The summed E-state index contributed by atoms with van der Waals surface area (Å²) >= 11 is 0. The van der Waals surface area contributed by atoms with Crippen LogP contribution < -0.4 is 20.5 Å². The summed E-state index contributed by atoms with van der Waals surface area (Å²) in [6.45, 7) is 5.77. The van der Waals surface area contributed by atoms with Crippen molar-refractivity contribution >= 4 is 18.3 Å². The molecule has 0 bridgehead atoms. The molecule has 1 aliphatic heterocycles. The SMILES string of the molecule is CCC(C)C(N)C(=O)NCCc1ccc2c(c1)OCCO2.Cl. The number of nitrogens with one attached hydrogen (secondary N) is 1. The van der Waals surface area contributed by atoms with Gasteiger partial charge in [0, 0.05) is 6.54 Å². The van der Waals surface area contributed by atoms with E-state index in [1.807, 2.05) is 32.0 Å². The normalized spacial score (nSPS) is 15.4. The average molecular weight is 329 g/mol. The van der Waals surface area contributed by atoms with E-state index in [0.29, 0.717) is 19.8 Å². The molecule has 0 spiro atoms. The molecule has 6 heteroatoms. The van der Waals surface area contributed by atoms with E-state index in [4.69, 9.17) is 15.2 Å². The quantitative estimate of drug-likeness (QED) is 0.836. The maximum Gasteiger partial charge on any atom is 0.237 e. The minimum atomic E-state index is -0.435. The lowest BCUT2D eigenvalue weighted by Crippen LogP contribution is -2.45. The minimum Gasteiger partial charge on any atom is -0.486 e. The fourth-order valence-electron chi connectivity index (χ4n) is 2.20. The first-order valence-corrected chi connectivity index (χ1v) is 7.53. The van der Waals surface area contributed by atoms with Crippen LogP contribution in [-0.4, -0.2) is 31.7 Å². The fraction of sp³-hybridized carbons (Fsp3) is 0.562. The molecule has 5 nitrogen and oxygen atoms in total. The average Bonchev–Trinajstić information content (AvgIpc) is 2.53. The van der Waals surface area contributed by atoms with Gasteiger partial charge in [-0.2, -0.15) is 0 Å². The van der Waals surface area contributed by atoms with Gasteiger partial charge in [0.25, 0.3) is 0 Å². The van der Waals surface area contributed by atoms with Crippen LogP contribution in [0.1, 0.15) is 25.8 Å². The molecule has 0 fully saturated rings. The van der Waals surface area contributed by atoms with Crippen LogP contribution >= 0.6 is 12.4 Å². The number of hydrogen-bond donors (Lipinski definition) is 2. The molecule has 1 heterocycles. The molecule has 1 aromatic carbocycles. The minimum absolute atomic E-state index is 0. The van der Waals surface area contributed by atoms with Crippen molar-refractivity contribution in [3.63, 3.8) is 0 Å². The van der Waals surface area contributed by atoms with E-state index < -0.39 is 6.04 Å². The van der Waals surface area contributed by atoms with Gasteiger partial charge < -0.3 is 20.5 Å². The van der Waals surface area contributed by atoms with Crippen molar-refractivity contribution in [2.45, 2.75) is 32.7 Å². The zero-order chi connectivity index (χ0) is 15.2. The summed E-state index contributed by atoms with van der Waals surface area (Å²) in [5.41, 5.74) is 7.00. The molecule has 0 saturated heterocycles. The molecule has 0 saturated carbocycles. The first-order valence-electron chi connectivity index (χ1n) is 7.53. The van der Waals surface area contributed by atoms with Crippen molar-refractivity contribution in [1.29, 1.82) is 0 Å².